The number of nitrogens with zero attached hydrogens (tertiary/aromatic N) is 1. The lowest BCUT2D eigenvalue weighted by Crippen LogP contribution is -2.62. The minimum Gasteiger partial charge on any atom is -0.375 e. The molecule has 1 saturated carbocycles. The van der Waals surface area contributed by atoms with Crippen LogP contribution in [0.5, 0.6) is 0 Å². The Morgan fingerprint density at radius 1 is 1.24 bits per heavy atom. The summed E-state index contributed by atoms with van der Waals surface area (Å²) in [6.45, 7) is 11.8. The summed E-state index contributed by atoms with van der Waals surface area (Å²) in [6.07, 6.45) is 9.23. The summed E-state index contributed by atoms with van der Waals surface area (Å²) in [4.78, 5) is 2.73. The Labute approximate surface area is 130 Å². The Morgan fingerprint density at radius 2 is 1.95 bits per heavy atom. The highest BCUT2D eigenvalue weighted by atomic mass is 16.5. The number of likely N-dealkylation sites (tertiary alicyclic amines) is 1. The third-order valence-electron chi connectivity index (χ3n) is 6.37. The third-order valence-corrected chi connectivity index (χ3v) is 6.37. The molecule has 3 fully saturated rings. The van der Waals surface area contributed by atoms with Gasteiger partial charge >= 0.3 is 0 Å². The summed E-state index contributed by atoms with van der Waals surface area (Å²) in [5.74, 6) is 0.773. The zero-order valence-electron chi connectivity index (χ0n) is 14.3. The van der Waals surface area contributed by atoms with Crippen LogP contribution in [0.2, 0.25) is 0 Å². The predicted molar refractivity (Wildman–Crippen MR) is 87.6 cm³/mol. The number of hydrogen-bond acceptors (Lipinski definition) is 3. The lowest BCUT2D eigenvalue weighted by Gasteiger charge is -2.53. The van der Waals surface area contributed by atoms with Crippen LogP contribution < -0.4 is 5.32 Å². The van der Waals surface area contributed by atoms with Gasteiger partial charge in [0.25, 0.3) is 0 Å². The first-order valence-corrected chi connectivity index (χ1v) is 9.20. The second-order valence-corrected chi connectivity index (χ2v) is 8.02. The fourth-order valence-electron chi connectivity index (χ4n) is 4.97. The van der Waals surface area contributed by atoms with E-state index in [0.717, 1.165) is 19.1 Å². The van der Waals surface area contributed by atoms with Gasteiger partial charge in [-0.3, -0.25) is 4.90 Å². The fourth-order valence-corrected chi connectivity index (χ4v) is 4.97. The Bertz CT molecular complexity index is 345. The molecule has 3 rings (SSSR count). The van der Waals surface area contributed by atoms with E-state index in [9.17, 15) is 0 Å². The van der Waals surface area contributed by atoms with Crippen molar-refractivity contribution in [1.82, 2.24) is 10.2 Å². The van der Waals surface area contributed by atoms with Crippen molar-refractivity contribution in [2.24, 2.45) is 5.92 Å². The van der Waals surface area contributed by atoms with Crippen LogP contribution in [0.25, 0.3) is 0 Å². The van der Waals surface area contributed by atoms with Crippen molar-refractivity contribution < 1.29 is 4.74 Å². The van der Waals surface area contributed by atoms with Gasteiger partial charge < -0.3 is 10.1 Å². The molecule has 122 valence electrons. The Kier molecular flexibility index (Phi) is 4.63. The molecule has 0 aromatic carbocycles. The zero-order valence-corrected chi connectivity index (χ0v) is 14.3. The minimum atomic E-state index is 0.262. The standard InChI is InChI=1S/C18H34N2O/c1-4-19-16(17(2,3)20-11-5-6-12-20)15-8-13-21-18(14-15)9-7-10-18/h15-16,19H,4-14H2,1-3H3. The minimum absolute atomic E-state index is 0.262. The molecule has 0 aromatic heterocycles. The van der Waals surface area contributed by atoms with Crippen molar-refractivity contribution in [2.45, 2.75) is 82.9 Å². The van der Waals surface area contributed by atoms with E-state index in [0.29, 0.717) is 6.04 Å². The molecule has 3 heteroatoms. The van der Waals surface area contributed by atoms with Crippen molar-refractivity contribution in [3.05, 3.63) is 0 Å². The van der Waals surface area contributed by atoms with Crippen LogP contribution in [0.3, 0.4) is 0 Å². The average molecular weight is 294 g/mol. The highest BCUT2D eigenvalue weighted by molar-refractivity contribution is 5.03. The number of hydrogen-bond donors (Lipinski definition) is 1. The van der Waals surface area contributed by atoms with Crippen LogP contribution in [0.15, 0.2) is 0 Å². The number of nitrogens with one attached hydrogen (secondary N) is 1. The smallest absolute Gasteiger partial charge is 0.0685 e. The van der Waals surface area contributed by atoms with Gasteiger partial charge in [-0.05, 0) is 84.3 Å². The van der Waals surface area contributed by atoms with Gasteiger partial charge in [-0.15, -0.1) is 0 Å². The van der Waals surface area contributed by atoms with Gasteiger partial charge in [-0.25, -0.2) is 0 Å². The van der Waals surface area contributed by atoms with Crippen molar-refractivity contribution in [3.8, 4) is 0 Å². The van der Waals surface area contributed by atoms with Gasteiger partial charge in [0.1, 0.15) is 0 Å². The summed E-state index contributed by atoms with van der Waals surface area (Å²) in [6, 6.07) is 0.599. The molecule has 21 heavy (non-hydrogen) atoms. The first kappa shape index (κ1) is 15.8. The molecule has 3 nitrogen and oxygen atoms in total. The van der Waals surface area contributed by atoms with E-state index in [2.05, 4.69) is 31.0 Å². The molecule has 1 spiro atoms. The quantitative estimate of drug-likeness (QED) is 0.843. The Morgan fingerprint density at radius 3 is 2.52 bits per heavy atom. The predicted octanol–water partition coefficient (Wildman–Crippen LogP) is 3.19. The molecule has 1 N–H and O–H groups in total. The van der Waals surface area contributed by atoms with E-state index in [1.54, 1.807) is 0 Å². The third kappa shape index (κ3) is 3.02. The molecule has 2 aliphatic heterocycles. The van der Waals surface area contributed by atoms with Crippen LogP contribution in [0.4, 0.5) is 0 Å². The first-order valence-electron chi connectivity index (χ1n) is 9.20. The van der Waals surface area contributed by atoms with Crippen LogP contribution in [0.1, 0.15) is 65.7 Å². The Hall–Kier alpha value is -0.120. The molecule has 2 heterocycles. The normalized spacial score (nSPS) is 31.3. The lowest BCUT2D eigenvalue weighted by atomic mass is 9.68. The lowest BCUT2D eigenvalue weighted by molar-refractivity contribution is -0.152. The summed E-state index contributed by atoms with van der Waals surface area (Å²) >= 11 is 0. The summed E-state index contributed by atoms with van der Waals surface area (Å²) < 4.78 is 6.16. The van der Waals surface area contributed by atoms with Crippen molar-refractivity contribution in [3.63, 3.8) is 0 Å². The first-order chi connectivity index (χ1) is 10.1. The van der Waals surface area contributed by atoms with Crippen LogP contribution in [-0.2, 0) is 4.74 Å². The van der Waals surface area contributed by atoms with Crippen molar-refractivity contribution >= 4 is 0 Å². The highest BCUT2D eigenvalue weighted by Gasteiger charge is 2.48. The van der Waals surface area contributed by atoms with Gasteiger partial charge in [0.05, 0.1) is 5.60 Å². The Balaban J connectivity index is 1.73. The maximum Gasteiger partial charge on any atom is 0.0685 e. The number of ether oxygens (including phenoxy) is 1. The van der Waals surface area contributed by atoms with Gasteiger partial charge in [0, 0.05) is 18.2 Å². The maximum absolute atomic E-state index is 6.16. The van der Waals surface area contributed by atoms with Gasteiger partial charge in [-0.2, -0.15) is 0 Å². The van der Waals surface area contributed by atoms with Gasteiger partial charge in [0.2, 0.25) is 0 Å². The van der Waals surface area contributed by atoms with Crippen molar-refractivity contribution in [1.29, 1.82) is 0 Å². The van der Waals surface area contributed by atoms with E-state index in [-0.39, 0.29) is 11.1 Å². The molecular weight excluding hydrogens is 260 g/mol. The van der Waals surface area contributed by atoms with Crippen LogP contribution in [0, 0.1) is 5.92 Å². The zero-order chi connectivity index (χ0) is 14.9. The molecule has 0 aromatic rings. The number of rotatable bonds is 5. The molecule has 1 aliphatic carbocycles. The second-order valence-electron chi connectivity index (χ2n) is 8.02. The SMILES string of the molecule is CCNC(C1CCOC2(CCC2)C1)C(C)(C)N1CCCC1. The summed E-state index contributed by atoms with van der Waals surface area (Å²) in [7, 11) is 0. The fraction of sp³-hybridized carbons (Fsp3) is 1.00. The molecule has 0 radical (unpaired) electrons. The maximum atomic E-state index is 6.16. The van der Waals surface area contributed by atoms with E-state index < -0.39 is 0 Å². The molecule has 0 amide bonds. The highest BCUT2D eigenvalue weighted by Crippen LogP contribution is 2.46. The summed E-state index contributed by atoms with van der Waals surface area (Å²) in [5, 5.41) is 3.86. The van der Waals surface area contributed by atoms with E-state index >= 15 is 0 Å². The average Bonchev–Trinajstić information content (AvgIpc) is 2.98. The largest absolute Gasteiger partial charge is 0.375 e. The molecule has 3 aliphatic rings. The topological polar surface area (TPSA) is 24.5 Å². The number of likely N-dealkylation sites (N-methyl/N-ethyl adjacent to an activating group) is 1. The van der Waals surface area contributed by atoms with Gasteiger partial charge in [0.15, 0.2) is 0 Å². The van der Waals surface area contributed by atoms with E-state index in [1.165, 1.54) is 58.0 Å². The summed E-state index contributed by atoms with van der Waals surface area (Å²) in [5.41, 5.74) is 0.525. The second kappa shape index (κ2) is 6.17. The van der Waals surface area contributed by atoms with E-state index in [4.69, 9.17) is 4.74 Å². The molecule has 0 bridgehead atoms. The van der Waals surface area contributed by atoms with E-state index in [1.807, 2.05) is 0 Å². The van der Waals surface area contributed by atoms with Crippen molar-refractivity contribution in [2.75, 3.05) is 26.2 Å². The van der Waals surface area contributed by atoms with Crippen LogP contribution >= 0.6 is 0 Å². The van der Waals surface area contributed by atoms with Gasteiger partial charge in [-0.1, -0.05) is 6.92 Å². The molecule has 2 saturated heterocycles. The molecular formula is C18H34N2O. The monoisotopic (exact) mass is 294 g/mol. The molecule has 2 atom stereocenters. The van der Waals surface area contributed by atoms with Crippen LogP contribution in [-0.4, -0.2) is 48.3 Å². The molecule has 2 unspecified atom stereocenters.